The minimum Gasteiger partial charge on any atom is -0.356 e. The second kappa shape index (κ2) is 7.98. The number of carbonyl (C=O) groups is 2. The monoisotopic (exact) mass is 419 g/mol. The third-order valence-corrected chi connectivity index (χ3v) is 6.04. The van der Waals surface area contributed by atoms with Crippen LogP contribution in [0.2, 0.25) is 0 Å². The summed E-state index contributed by atoms with van der Waals surface area (Å²) in [7, 11) is 0. The van der Waals surface area contributed by atoms with Gasteiger partial charge >= 0.3 is 0 Å². The van der Waals surface area contributed by atoms with Crippen LogP contribution >= 0.6 is 0 Å². The highest BCUT2D eigenvalue weighted by atomic mass is 19.1. The van der Waals surface area contributed by atoms with Crippen LogP contribution in [0.4, 0.5) is 4.39 Å². The molecule has 1 saturated heterocycles. The molecule has 0 N–H and O–H groups in total. The third-order valence-electron chi connectivity index (χ3n) is 6.04. The van der Waals surface area contributed by atoms with Gasteiger partial charge in [0, 0.05) is 43.6 Å². The lowest BCUT2D eigenvalue weighted by molar-refractivity contribution is -0.136. The van der Waals surface area contributed by atoms with Gasteiger partial charge in [-0.2, -0.15) is 0 Å². The predicted octanol–water partition coefficient (Wildman–Crippen LogP) is 3.41. The van der Waals surface area contributed by atoms with Crippen LogP contribution in [0, 0.1) is 11.7 Å². The van der Waals surface area contributed by atoms with Gasteiger partial charge in [-0.25, -0.2) is 4.39 Å². The van der Waals surface area contributed by atoms with E-state index in [0.29, 0.717) is 38.4 Å². The van der Waals surface area contributed by atoms with Gasteiger partial charge in [0.05, 0.1) is 18.2 Å². The maximum absolute atomic E-state index is 13.3. The smallest absolute Gasteiger partial charge is 0.228 e. The van der Waals surface area contributed by atoms with Crippen LogP contribution in [0.25, 0.3) is 11.3 Å². The Balaban J connectivity index is 1.29. The molecule has 2 aromatic carbocycles. The Hall–Kier alpha value is -3.48. The summed E-state index contributed by atoms with van der Waals surface area (Å²) in [5.74, 6) is -0.0924. The van der Waals surface area contributed by atoms with E-state index in [4.69, 9.17) is 4.52 Å². The lowest BCUT2D eigenvalue weighted by Gasteiger charge is -2.28. The second-order valence-corrected chi connectivity index (χ2v) is 8.11. The molecule has 3 aromatic rings. The molecule has 1 atom stereocenters. The highest BCUT2D eigenvalue weighted by molar-refractivity contribution is 5.89. The van der Waals surface area contributed by atoms with Crippen molar-refractivity contribution in [1.82, 2.24) is 15.0 Å². The first-order chi connectivity index (χ1) is 15.1. The maximum Gasteiger partial charge on any atom is 0.228 e. The van der Waals surface area contributed by atoms with Crippen molar-refractivity contribution in [3.05, 3.63) is 77.2 Å². The first kappa shape index (κ1) is 19.5. The predicted molar refractivity (Wildman–Crippen MR) is 111 cm³/mol. The molecule has 1 fully saturated rings. The summed E-state index contributed by atoms with van der Waals surface area (Å²) >= 11 is 0. The van der Waals surface area contributed by atoms with Gasteiger partial charge in [0.2, 0.25) is 11.8 Å². The normalized spacial score (nSPS) is 18.4. The molecule has 2 aliphatic rings. The molecule has 0 bridgehead atoms. The molecule has 7 heteroatoms. The molecule has 158 valence electrons. The number of benzene rings is 2. The van der Waals surface area contributed by atoms with E-state index in [1.54, 1.807) is 21.9 Å². The Morgan fingerprint density at radius 3 is 2.68 bits per heavy atom. The van der Waals surface area contributed by atoms with Gasteiger partial charge in [-0.3, -0.25) is 9.59 Å². The lowest BCUT2D eigenvalue weighted by Crippen LogP contribution is -2.40. The van der Waals surface area contributed by atoms with Crippen LogP contribution in [0.5, 0.6) is 0 Å². The van der Waals surface area contributed by atoms with E-state index in [9.17, 15) is 14.0 Å². The van der Waals surface area contributed by atoms with Gasteiger partial charge in [-0.05, 0) is 29.8 Å². The Kier molecular flexibility index (Phi) is 5.02. The van der Waals surface area contributed by atoms with Gasteiger partial charge in [0.1, 0.15) is 5.82 Å². The molecule has 6 nitrogen and oxygen atoms in total. The number of carbonyl (C=O) groups excluding carboxylic acids is 2. The topological polar surface area (TPSA) is 66.7 Å². The van der Waals surface area contributed by atoms with Crippen LogP contribution in [0.3, 0.4) is 0 Å². The summed E-state index contributed by atoms with van der Waals surface area (Å²) in [5.41, 5.74) is 3.47. The number of likely N-dealkylation sites (tertiary alicyclic amines) is 1. The van der Waals surface area contributed by atoms with Crippen LogP contribution in [-0.2, 0) is 29.1 Å². The van der Waals surface area contributed by atoms with Crippen molar-refractivity contribution in [2.24, 2.45) is 5.92 Å². The molecule has 0 spiro atoms. The minimum absolute atomic E-state index is 0.0110. The molecule has 31 heavy (non-hydrogen) atoms. The Morgan fingerprint density at radius 1 is 1.13 bits per heavy atom. The van der Waals surface area contributed by atoms with Crippen molar-refractivity contribution in [3.8, 4) is 11.3 Å². The molecule has 0 saturated carbocycles. The van der Waals surface area contributed by atoms with E-state index in [0.717, 1.165) is 22.4 Å². The Bertz CT molecular complexity index is 1110. The standard InChI is InChI=1S/C24H22FN3O3/c25-19-8-6-17(7-9-19)23-20-15-27(11-10-21(20)26-31-23)24(30)18-12-22(29)28(14-18)13-16-4-2-1-3-5-16/h1-9,18H,10-15H2. The van der Waals surface area contributed by atoms with Gasteiger partial charge in [0.25, 0.3) is 0 Å². The highest BCUT2D eigenvalue weighted by Gasteiger charge is 2.38. The van der Waals surface area contributed by atoms with Crippen molar-refractivity contribution in [1.29, 1.82) is 0 Å². The first-order valence-electron chi connectivity index (χ1n) is 10.4. The quantitative estimate of drug-likeness (QED) is 0.650. The van der Waals surface area contributed by atoms with Crippen molar-refractivity contribution < 1.29 is 18.5 Å². The molecule has 2 amide bonds. The molecule has 3 heterocycles. The zero-order valence-electron chi connectivity index (χ0n) is 17.0. The zero-order valence-corrected chi connectivity index (χ0v) is 17.0. The number of rotatable bonds is 4. The average molecular weight is 419 g/mol. The van der Waals surface area contributed by atoms with Gasteiger partial charge < -0.3 is 14.3 Å². The third kappa shape index (κ3) is 3.83. The van der Waals surface area contributed by atoms with Crippen LogP contribution in [0.15, 0.2) is 59.1 Å². The van der Waals surface area contributed by atoms with Gasteiger partial charge in [-0.1, -0.05) is 35.5 Å². The second-order valence-electron chi connectivity index (χ2n) is 8.11. The summed E-state index contributed by atoms with van der Waals surface area (Å²) in [5, 5.41) is 4.15. The van der Waals surface area contributed by atoms with E-state index in [2.05, 4.69) is 5.16 Å². The fourth-order valence-electron chi connectivity index (χ4n) is 4.38. The van der Waals surface area contributed by atoms with E-state index in [1.165, 1.54) is 12.1 Å². The molecule has 0 aliphatic carbocycles. The van der Waals surface area contributed by atoms with Crippen LogP contribution < -0.4 is 0 Å². The van der Waals surface area contributed by atoms with Crippen molar-refractivity contribution >= 4 is 11.8 Å². The minimum atomic E-state index is -0.341. The number of amides is 2. The number of nitrogens with zero attached hydrogens (tertiary/aromatic N) is 3. The number of hydrogen-bond donors (Lipinski definition) is 0. The molecular weight excluding hydrogens is 397 g/mol. The first-order valence-corrected chi connectivity index (χ1v) is 10.4. The van der Waals surface area contributed by atoms with Crippen molar-refractivity contribution in [3.63, 3.8) is 0 Å². The molecule has 1 aromatic heterocycles. The van der Waals surface area contributed by atoms with E-state index in [1.807, 2.05) is 30.3 Å². The number of aromatic nitrogens is 1. The average Bonchev–Trinajstić information content (AvgIpc) is 3.38. The molecule has 5 rings (SSSR count). The summed E-state index contributed by atoms with van der Waals surface area (Å²) in [4.78, 5) is 29.3. The maximum atomic E-state index is 13.3. The largest absolute Gasteiger partial charge is 0.356 e. The number of halogens is 1. The summed E-state index contributed by atoms with van der Waals surface area (Å²) in [6.07, 6.45) is 0.837. The SMILES string of the molecule is O=C1CC(C(=O)N2CCc3noc(-c4ccc(F)cc4)c3C2)CN1Cc1ccccc1. The summed E-state index contributed by atoms with van der Waals surface area (Å²) in [6.45, 7) is 1.89. The Labute approximate surface area is 179 Å². The van der Waals surface area contributed by atoms with Crippen molar-refractivity contribution in [2.45, 2.75) is 25.9 Å². The van der Waals surface area contributed by atoms with Gasteiger partial charge in [-0.15, -0.1) is 0 Å². The fraction of sp³-hybridized carbons (Fsp3) is 0.292. The van der Waals surface area contributed by atoms with E-state index < -0.39 is 0 Å². The molecule has 0 radical (unpaired) electrons. The number of hydrogen-bond acceptors (Lipinski definition) is 4. The molecule has 1 unspecified atom stereocenters. The lowest BCUT2D eigenvalue weighted by atomic mass is 9.99. The molecule has 2 aliphatic heterocycles. The van der Waals surface area contributed by atoms with Crippen LogP contribution in [0.1, 0.15) is 23.2 Å². The highest BCUT2D eigenvalue weighted by Crippen LogP contribution is 2.32. The Morgan fingerprint density at radius 2 is 1.90 bits per heavy atom. The number of fused-ring (bicyclic) bond motifs is 1. The fourth-order valence-corrected chi connectivity index (χ4v) is 4.38. The van der Waals surface area contributed by atoms with Gasteiger partial charge in [0.15, 0.2) is 5.76 Å². The summed E-state index contributed by atoms with van der Waals surface area (Å²) in [6, 6.07) is 15.8. The summed E-state index contributed by atoms with van der Waals surface area (Å²) < 4.78 is 18.8. The zero-order chi connectivity index (χ0) is 21.4. The van der Waals surface area contributed by atoms with Crippen molar-refractivity contribution in [2.75, 3.05) is 13.1 Å². The van der Waals surface area contributed by atoms with E-state index in [-0.39, 0.29) is 30.0 Å². The molecular formula is C24H22FN3O3. The van der Waals surface area contributed by atoms with Crippen LogP contribution in [-0.4, -0.2) is 39.9 Å². The van der Waals surface area contributed by atoms with E-state index >= 15 is 0 Å².